The Hall–Kier alpha value is -2.50. The van der Waals surface area contributed by atoms with Crippen LogP contribution < -0.4 is 14.8 Å². The lowest BCUT2D eigenvalue weighted by Crippen LogP contribution is -2.24. The van der Waals surface area contributed by atoms with E-state index in [-0.39, 0.29) is 5.70 Å². The zero-order chi connectivity index (χ0) is 16.5. The molecule has 0 unspecified atom stereocenters. The van der Waals surface area contributed by atoms with Crippen molar-refractivity contribution in [3.05, 3.63) is 29.5 Å². The van der Waals surface area contributed by atoms with Crippen molar-refractivity contribution in [2.45, 2.75) is 27.2 Å². The molecule has 0 saturated heterocycles. The maximum Gasteiger partial charge on any atom is 0.352 e. The Bertz CT molecular complexity index is 566. The molecule has 22 heavy (non-hydrogen) atoms. The van der Waals surface area contributed by atoms with Gasteiger partial charge in [-0.2, -0.15) is 0 Å². The summed E-state index contributed by atoms with van der Waals surface area (Å²) in [7, 11) is 0. The molecule has 1 aromatic rings. The highest BCUT2D eigenvalue weighted by Gasteiger charge is 2.11. The van der Waals surface area contributed by atoms with Crippen LogP contribution in [0.1, 0.15) is 32.8 Å². The van der Waals surface area contributed by atoms with Gasteiger partial charge in [-0.15, -0.1) is 0 Å². The fraction of sp³-hybridized carbons (Fsp3) is 0.375. The van der Waals surface area contributed by atoms with E-state index in [0.717, 1.165) is 6.42 Å². The molecule has 2 N–H and O–H groups in total. The SMILES string of the molecule is CCCOc1ccc(/C=C(/NC(C)=O)C(=O)O)cc1OCC. The molecule has 0 radical (unpaired) electrons. The summed E-state index contributed by atoms with van der Waals surface area (Å²) >= 11 is 0. The summed E-state index contributed by atoms with van der Waals surface area (Å²) < 4.78 is 11.1. The van der Waals surface area contributed by atoms with Crippen LogP contribution in [-0.4, -0.2) is 30.2 Å². The second-order valence-electron chi connectivity index (χ2n) is 4.53. The smallest absolute Gasteiger partial charge is 0.352 e. The Morgan fingerprint density at radius 1 is 1.23 bits per heavy atom. The Morgan fingerprint density at radius 3 is 2.50 bits per heavy atom. The number of ether oxygens (including phenoxy) is 2. The summed E-state index contributed by atoms with van der Waals surface area (Å²) in [6.07, 6.45) is 2.24. The minimum absolute atomic E-state index is 0.197. The molecule has 0 saturated carbocycles. The minimum Gasteiger partial charge on any atom is -0.490 e. The minimum atomic E-state index is -1.21. The lowest BCUT2D eigenvalue weighted by molar-refractivity contribution is -0.134. The molecule has 0 atom stereocenters. The summed E-state index contributed by atoms with van der Waals surface area (Å²) in [5.74, 6) is -0.504. The van der Waals surface area contributed by atoms with Gasteiger partial charge in [0.25, 0.3) is 0 Å². The quantitative estimate of drug-likeness (QED) is 0.721. The predicted molar refractivity (Wildman–Crippen MR) is 82.8 cm³/mol. The Morgan fingerprint density at radius 2 is 1.95 bits per heavy atom. The maximum atomic E-state index is 11.1. The van der Waals surface area contributed by atoms with E-state index in [1.54, 1.807) is 18.2 Å². The molecule has 0 spiro atoms. The topological polar surface area (TPSA) is 84.9 Å². The number of amides is 1. The first kappa shape index (κ1) is 17.6. The number of aliphatic carboxylic acids is 1. The van der Waals surface area contributed by atoms with E-state index in [2.05, 4.69) is 5.32 Å². The number of hydrogen-bond donors (Lipinski definition) is 2. The zero-order valence-corrected chi connectivity index (χ0v) is 13.0. The van der Waals surface area contributed by atoms with E-state index in [4.69, 9.17) is 14.6 Å². The van der Waals surface area contributed by atoms with E-state index < -0.39 is 11.9 Å². The third kappa shape index (κ3) is 5.47. The lowest BCUT2D eigenvalue weighted by Gasteiger charge is -2.12. The molecule has 6 nitrogen and oxygen atoms in total. The number of carbonyl (C=O) groups excluding carboxylic acids is 1. The molecule has 0 heterocycles. The van der Waals surface area contributed by atoms with Crippen LogP contribution in [0, 0.1) is 0 Å². The molecule has 0 aliphatic rings. The second kappa shape index (κ2) is 8.71. The molecule has 0 fully saturated rings. The number of nitrogens with one attached hydrogen (secondary N) is 1. The summed E-state index contributed by atoms with van der Waals surface area (Å²) in [5.41, 5.74) is 0.399. The number of carboxylic acid groups (broad SMARTS) is 1. The first-order chi connectivity index (χ1) is 10.5. The third-order valence-corrected chi connectivity index (χ3v) is 2.58. The van der Waals surface area contributed by atoms with Crippen LogP contribution in [0.3, 0.4) is 0 Å². The zero-order valence-electron chi connectivity index (χ0n) is 13.0. The largest absolute Gasteiger partial charge is 0.490 e. The number of benzene rings is 1. The van der Waals surface area contributed by atoms with E-state index in [0.29, 0.717) is 30.3 Å². The van der Waals surface area contributed by atoms with Gasteiger partial charge in [0.15, 0.2) is 11.5 Å². The van der Waals surface area contributed by atoms with Gasteiger partial charge in [0, 0.05) is 6.92 Å². The van der Waals surface area contributed by atoms with Crippen LogP contribution in [-0.2, 0) is 9.59 Å². The number of carboxylic acids is 1. The number of hydrogen-bond acceptors (Lipinski definition) is 4. The van der Waals surface area contributed by atoms with Crippen molar-refractivity contribution in [3.63, 3.8) is 0 Å². The summed E-state index contributed by atoms with van der Waals surface area (Å²) in [6, 6.07) is 5.11. The van der Waals surface area contributed by atoms with Gasteiger partial charge in [0.1, 0.15) is 5.70 Å². The van der Waals surface area contributed by atoms with Gasteiger partial charge in [-0.25, -0.2) is 4.79 Å². The Kier molecular flexibility index (Phi) is 6.95. The fourth-order valence-corrected chi connectivity index (χ4v) is 1.72. The molecule has 6 heteroatoms. The van der Waals surface area contributed by atoms with Crippen LogP contribution in [0.25, 0.3) is 6.08 Å². The van der Waals surface area contributed by atoms with Gasteiger partial charge in [-0.05, 0) is 37.1 Å². The van der Waals surface area contributed by atoms with Gasteiger partial charge in [0.05, 0.1) is 13.2 Å². The monoisotopic (exact) mass is 307 g/mol. The van der Waals surface area contributed by atoms with Crippen molar-refractivity contribution in [1.29, 1.82) is 0 Å². The van der Waals surface area contributed by atoms with E-state index in [1.807, 2.05) is 13.8 Å². The van der Waals surface area contributed by atoms with Crippen molar-refractivity contribution in [2.24, 2.45) is 0 Å². The normalized spacial score (nSPS) is 11.0. The van der Waals surface area contributed by atoms with Crippen LogP contribution in [0.15, 0.2) is 23.9 Å². The molecule has 0 aliphatic heterocycles. The molecule has 1 aromatic carbocycles. The van der Waals surface area contributed by atoms with Crippen LogP contribution in [0.2, 0.25) is 0 Å². The van der Waals surface area contributed by atoms with Crippen LogP contribution in [0.5, 0.6) is 11.5 Å². The second-order valence-corrected chi connectivity index (χ2v) is 4.53. The highest BCUT2D eigenvalue weighted by atomic mass is 16.5. The maximum absolute atomic E-state index is 11.1. The molecule has 0 bridgehead atoms. The molecular weight excluding hydrogens is 286 g/mol. The van der Waals surface area contributed by atoms with E-state index in [1.165, 1.54) is 13.0 Å². The summed E-state index contributed by atoms with van der Waals surface area (Å²) in [4.78, 5) is 22.1. The molecule has 1 rings (SSSR count). The Labute approximate surface area is 129 Å². The van der Waals surface area contributed by atoms with Gasteiger partial charge in [-0.3, -0.25) is 4.79 Å². The third-order valence-electron chi connectivity index (χ3n) is 2.58. The van der Waals surface area contributed by atoms with Crippen molar-refractivity contribution in [2.75, 3.05) is 13.2 Å². The average molecular weight is 307 g/mol. The summed E-state index contributed by atoms with van der Waals surface area (Å²) in [5, 5.41) is 11.4. The lowest BCUT2D eigenvalue weighted by atomic mass is 10.1. The molecule has 120 valence electrons. The first-order valence-electron chi connectivity index (χ1n) is 7.10. The van der Waals surface area contributed by atoms with Gasteiger partial charge >= 0.3 is 5.97 Å². The van der Waals surface area contributed by atoms with E-state index >= 15 is 0 Å². The van der Waals surface area contributed by atoms with E-state index in [9.17, 15) is 9.59 Å². The summed E-state index contributed by atoms with van der Waals surface area (Å²) in [6.45, 7) is 6.15. The number of carbonyl (C=O) groups is 2. The van der Waals surface area contributed by atoms with Gasteiger partial charge < -0.3 is 19.9 Å². The number of rotatable bonds is 8. The van der Waals surface area contributed by atoms with Crippen molar-refractivity contribution in [1.82, 2.24) is 5.32 Å². The van der Waals surface area contributed by atoms with Crippen LogP contribution in [0.4, 0.5) is 0 Å². The molecule has 1 amide bonds. The fourth-order valence-electron chi connectivity index (χ4n) is 1.72. The molecular formula is C16H21NO5. The van der Waals surface area contributed by atoms with Crippen LogP contribution >= 0.6 is 0 Å². The highest BCUT2D eigenvalue weighted by molar-refractivity contribution is 5.96. The Balaban J connectivity index is 3.10. The molecule has 0 aliphatic carbocycles. The van der Waals surface area contributed by atoms with Crippen molar-refractivity contribution >= 4 is 18.0 Å². The van der Waals surface area contributed by atoms with Crippen molar-refractivity contribution in [3.8, 4) is 11.5 Å². The van der Waals surface area contributed by atoms with Gasteiger partial charge in [-0.1, -0.05) is 13.0 Å². The van der Waals surface area contributed by atoms with Crippen molar-refractivity contribution < 1.29 is 24.2 Å². The highest BCUT2D eigenvalue weighted by Crippen LogP contribution is 2.29. The standard InChI is InChI=1S/C16H21NO5/c1-4-8-22-14-7-6-12(10-15(14)21-5-2)9-13(16(19)20)17-11(3)18/h6-7,9-10H,4-5,8H2,1-3H3,(H,17,18)(H,19,20)/b13-9+. The first-order valence-corrected chi connectivity index (χ1v) is 7.10. The molecule has 0 aromatic heterocycles. The predicted octanol–water partition coefficient (Wildman–Crippen LogP) is 2.44. The average Bonchev–Trinajstić information content (AvgIpc) is 2.45. The van der Waals surface area contributed by atoms with Gasteiger partial charge in [0.2, 0.25) is 5.91 Å².